The Morgan fingerprint density at radius 3 is 2.70 bits per heavy atom. The summed E-state index contributed by atoms with van der Waals surface area (Å²) in [5, 5.41) is 6.11. The number of nitrogens with zero attached hydrogens (tertiary/aromatic N) is 3. The lowest BCUT2D eigenvalue weighted by atomic mass is 10.3. The molecule has 1 aromatic rings. The number of carbonyl (C=O) groups excluding carboxylic acids is 1. The number of rotatable bonds is 8. The van der Waals surface area contributed by atoms with Crippen molar-refractivity contribution in [3.05, 3.63) is 12.4 Å². The van der Waals surface area contributed by atoms with Crippen molar-refractivity contribution in [2.24, 2.45) is 0 Å². The predicted octanol–water partition coefficient (Wildman–Crippen LogP) is 1.65. The molecule has 112 valence electrons. The van der Waals surface area contributed by atoms with Gasteiger partial charge in [-0.3, -0.25) is 4.79 Å². The molecule has 1 aromatic heterocycles. The van der Waals surface area contributed by atoms with Gasteiger partial charge in [0.05, 0.1) is 6.54 Å². The molecule has 0 fully saturated rings. The zero-order valence-electron chi connectivity index (χ0n) is 12.8. The van der Waals surface area contributed by atoms with E-state index in [0.29, 0.717) is 6.54 Å². The number of likely N-dealkylation sites (N-methyl/N-ethyl adjacent to an activating group) is 1. The van der Waals surface area contributed by atoms with Crippen LogP contribution in [-0.2, 0) is 4.79 Å². The highest BCUT2D eigenvalue weighted by atomic mass is 16.2. The number of nitrogens with one attached hydrogen (secondary N) is 2. The highest BCUT2D eigenvalue weighted by Crippen LogP contribution is 2.13. The van der Waals surface area contributed by atoms with Gasteiger partial charge < -0.3 is 15.5 Å². The van der Waals surface area contributed by atoms with Gasteiger partial charge in [0.2, 0.25) is 5.91 Å². The Balaban J connectivity index is 2.71. The van der Waals surface area contributed by atoms with E-state index in [1.165, 1.54) is 6.33 Å². The van der Waals surface area contributed by atoms with Crippen molar-refractivity contribution in [2.45, 2.75) is 40.2 Å². The van der Waals surface area contributed by atoms with E-state index in [1.54, 1.807) is 0 Å². The van der Waals surface area contributed by atoms with Crippen molar-refractivity contribution in [3.8, 4) is 0 Å². The summed E-state index contributed by atoms with van der Waals surface area (Å²) in [4.78, 5) is 22.2. The molecule has 0 unspecified atom stereocenters. The van der Waals surface area contributed by atoms with Gasteiger partial charge in [-0.15, -0.1) is 0 Å². The lowest BCUT2D eigenvalue weighted by molar-refractivity contribution is -0.120. The second kappa shape index (κ2) is 8.35. The molecule has 0 aliphatic heterocycles. The number of hydrogen-bond donors (Lipinski definition) is 2. The molecule has 0 spiro atoms. The number of anilines is 2. The van der Waals surface area contributed by atoms with E-state index in [2.05, 4.69) is 27.5 Å². The zero-order chi connectivity index (χ0) is 15.0. The second-order valence-corrected chi connectivity index (χ2v) is 4.92. The van der Waals surface area contributed by atoms with Crippen molar-refractivity contribution in [1.82, 2.24) is 15.3 Å². The molecular formula is C14H25N5O. The lowest BCUT2D eigenvalue weighted by Crippen LogP contribution is -2.40. The van der Waals surface area contributed by atoms with Gasteiger partial charge in [-0.25, -0.2) is 9.97 Å². The summed E-state index contributed by atoms with van der Waals surface area (Å²) in [6.45, 7) is 9.90. The molecule has 0 atom stereocenters. The normalized spacial score (nSPS) is 10.4. The Hall–Kier alpha value is -1.85. The summed E-state index contributed by atoms with van der Waals surface area (Å²) in [6.07, 6.45) is 2.56. The SMILES string of the molecule is CCCNc1cc(N(CC)CC(=O)NC(C)C)ncn1. The smallest absolute Gasteiger partial charge is 0.239 e. The summed E-state index contributed by atoms with van der Waals surface area (Å²) < 4.78 is 0. The minimum absolute atomic E-state index is 0.00327. The van der Waals surface area contributed by atoms with Crippen molar-refractivity contribution in [1.29, 1.82) is 0 Å². The van der Waals surface area contributed by atoms with Gasteiger partial charge in [0.1, 0.15) is 18.0 Å². The molecule has 2 N–H and O–H groups in total. The number of amides is 1. The first-order valence-electron chi connectivity index (χ1n) is 7.17. The highest BCUT2D eigenvalue weighted by Gasteiger charge is 2.12. The molecule has 1 amide bonds. The molecule has 1 heterocycles. The van der Waals surface area contributed by atoms with Crippen molar-refractivity contribution >= 4 is 17.5 Å². The van der Waals surface area contributed by atoms with Crippen LogP contribution in [0.3, 0.4) is 0 Å². The topological polar surface area (TPSA) is 70.2 Å². The van der Waals surface area contributed by atoms with E-state index in [4.69, 9.17) is 0 Å². The van der Waals surface area contributed by atoms with E-state index in [-0.39, 0.29) is 11.9 Å². The number of aromatic nitrogens is 2. The fraction of sp³-hybridized carbons (Fsp3) is 0.643. The van der Waals surface area contributed by atoms with E-state index in [1.807, 2.05) is 31.7 Å². The van der Waals surface area contributed by atoms with Crippen LogP contribution in [0.5, 0.6) is 0 Å². The van der Waals surface area contributed by atoms with Crippen LogP contribution in [0.25, 0.3) is 0 Å². The van der Waals surface area contributed by atoms with Crippen LogP contribution in [-0.4, -0.2) is 41.6 Å². The van der Waals surface area contributed by atoms with Crippen LogP contribution >= 0.6 is 0 Å². The van der Waals surface area contributed by atoms with E-state index >= 15 is 0 Å². The lowest BCUT2D eigenvalue weighted by Gasteiger charge is -2.22. The monoisotopic (exact) mass is 279 g/mol. The van der Waals surface area contributed by atoms with Crippen molar-refractivity contribution < 1.29 is 4.79 Å². The third-order valence-electron chi connectivity index (χ3n) is 2.70. The minimum atomic E-state index is 0.00327. The average molecular weight is 279 g/mol. The summed E-state index contributed by atoms with van der Waals surface area (Å²) >= 11 is 0. The maximum Gasteiger partial charge on any atom is 0.239 e. The number of hydrogen-bond acceptors (Lipinski definition) is 5. The largest absolute Gasteiger partial charge is 0.370 e. The zero-order valence-corrected chi connectivity index (χ0v) is 12.8. The first kappa shape index (κ1) is 16.2. The molecule has 0 radical (unpaired) electrons. The summed E-state index contributed by atoms with van der Waals surface area (Å²) in [6, 6.07) is 2.02. The van der Waals surface area contributed by atoms with Gasteiger partial charge in [-0.05, 0) is 27.2 Å². The average Bonchev–Trinajstić information content (AvgIpc) is 2.42. The Labute approximate surface area is 121 Å². The Bertz CT molecular complexity index is 422. The molecular weight excluding hydrogens is 254 g/mol. The van der Waals surface area contributed by atoms with Gasteiger partial charge in [0.15, 0.2) is 0 Å². The molecule has 0 saturated heterocycles. The number of carbonyl (C=O) groups is 1. The van der Waals surface area contributed by atoms with Gasteiger partial charge in [0, 0.05) is 25.2 Å². The molecule has 0 aromatic carbocycles. The Morgan fingerprint density at radius 1 is 1.35 bits per heavy atom. The van der Waals surface area contributed by atoms with Crippen LogP contribution in [0.2, 0.25) is 0 Å². The van der Waals surface area contributed by atoms with Gasteiger partial charge in [-0.1, -0.05) is 6.92 Å². The summed E-state index contributed by atoms with van der Waals surface area (Å²) in [7, 11) is 0. The Morgan fingerprint density at radius 2 is 2.10 bits per heavy atom. The molecule has 6 heteroatoms. The van der Waals surface area contributed by atoms with Gasteiger partial charge >= 0.3 is 0 Å². The van der Waals surface area contributed by atoms with E-state index in [0.717, 1.165) is 31.1 Å². The second-order valence-electron chi connectivity index (χ2n) is 4.92. The fourth-order valence-corrected chi connectivity index (χ4v) is 1.77. The third kappa shape index (κ3) is 5.42. The first-order chi connectivity index (χ1) is 9.56. The summed E-state index contributed by atoms with van der Waals surface area (Å²) in [5.41, 5.74) is 0. The maximum absolute atomic E-state index is 11.8. The fourth-order valence-electron chi connectivity index (χ4n) is 1.77. The molecule has 0 aliphatic rings. The van der Waals surface area contributed by atoms with Crippen LogP contribution in [0.15, 0.2) is 12.4 Å². The highest BCUT2D eigenvalue weighted by molar-refractivity contribution is 5.81. The van der Waals surface area contributed by atoms with Gasteiger partial charge in [0.25, 0.3) is 0 Å². The minimum Gasteiger partial charge on any atom is -0.370 e. The summed E-state index contributed by atoms with van der Waals surface area (Å²) in [5.74, 6) is 1.56. The van der Waals surface area contributed by atoms with Crippen LogP contribution in [0.4, 0.5) is 11.6 Å². The van der Waals surface area contributed by atoms with E-state index < -0.39 is 0 Å². The van der Waals surface area contributed by atoms with Gasteiger partial charge in [-0.2, -0.15) is 0 Å². The van der Waals surface area contributed by atoms with Crippen LogP contribution in [0, 0.1) is 0 Å². The maximum atomic E-state index is 11.8. The molecule has 0 aliphatic carbocycles. The van der Waals surface area contributed by atoms with E-state index in [9.17, 15) is 4.79 Å². The molecule has 1 rings (SSSR count). The van der Waals surface area contributed by atoms with Crippen LogP contribution in [0.1, 0.15) is 34.1 Å². The quantitative estimate of drug-likeness (QED) is 0.757. The van der Waals surface area contributed by atoms with Crippen molar-refractivity contribution in [3.63, 3.8) is 0 Å². The predicted molar refractivity (Wildman–Crippen MR) is 82.0 cm³/mol. The molecule has 0 bridgehead atoms. The standard InChI is InChI=1S/C14H25N5O/c1-5-7-15-12-8-13(17-10-16-12)19(6-2)9-14(20)18-11(3)4/h8,10-11H,5-7,9H2,1-4H3,(H,18,20)(H,15,16,17). The van der Waals surface area contributed by atoms with Crippen LogP contribution < -0.4 is 15.5 Å². The third-order valence-corrected chi connectivity index (χ3v) is 2.70. The Kier molecular flexibility index (Phi) is 6.76. The van der Waals surface area contributed by atoms with Crippen molar-refractivity contribution in [2.75, 3.05) is 29.9 Å². The molecule has 20 heavy (non-hydrogen) atoms. The first-order valence-corrected chi connectivity index (χ1v) is 7.17. The molecule has 0 saturated carbocycles. The molecule has 6 nitrogen and oxygen atoms in total.